The van der Waals surface area contributed by atoms with Crippen LogP contribution in [0.3, 0.4) is 0 Å². The number of nitrogens with zero attached hydrogens (tertiary/aromatic N) is 3. The van der Waals surface area contributed by atoms with E-state index in [2.05, 4.69) is 63.6 Å². The van der Waals surface area contributed by atoms with Crippen LogP contribution in [0, 0.1) is 0 Å². The van der Waals surface area contributed by atoms with Crippen LogP contribution >= 0.6 is 0 Å². The number of aromatic nitrogens is 2. The lowest BCUT2D eigenvalue weighted by Gasteiger charge is -2.21. The molecule has 0 unspecified atom stereocenters. The van der Waals surface area contributed by atoms with Gasteiger partial charge in [0.25, 0.3) is 0 Å². The van der Waals surface area contributed by atoms with Crippen LogP contribution in [0.5, 0.6) is 0 Å². The molecule has 0 saturated carbocycles. The first kappa shape index (κ1) is 17.0. The van der Waals surface area contributed by atoms with Crippen LogP contribution in [0.2, 0.25) is 0 Å². The quantitative estimate of drug-likeness (QED) is 0.693. The van der Waals surface area contributed by atoms with E-state index < -0.39 is 0 Å². The molecule has 1 heterocycles. The molecule has 2 rings (SSSR count). The normalized spacial score (nSPS) is 10.4. The summed E-state index contributed by atoms with van der Waals surface area (Å²) in [5, 5.41) is 6.48. The zero-order valence-electron chi connectivity index (χ0n) is 14.0. The lowest BCUT2D eigenvalue weighted by Crippen LogP contribution is -2.21. The van der Waals surface area contributed by atoms with Crippen LogP contribution in [-0.2, 0) is 4.74 Å². The Morgan fingerprint density at radius 2 is 1.74 bits per heavy atom. The van der Waals surface area contributed by atoms with Crippen LogP contribution in [0.15, 0.2) is 36.7 Å². The van der Waals surface area contributed by atoms with Gasteiger partial charge in [0, 0.05) is 44.2 Å². The van der Waals surface area contributed by atoms with Crippen molar-refractivity contribution in [3.05, 3.63) is 36.7 Å². The highest BCUT2D eigenvalue weighted by molar-refractivity contribution is 5.62. The van der Waals surface area contributed by atoms with E-state index in [9.17, 15) is 0 Å². The van der Waals surface area contributed by atoms with Crippen molar-refractivity contribution < 1.29 is 4.74 Å². The Labute approximate surface area is 137 Å². The first-order valence-electron chi connectivity index (χ1n) is 7.93. The molecular formula is C17H25N5O. The summed E-state index contributed by atoms with van der Waals surface area (Å²) in [6, 6.07) is 10.2. The second-order valence-electron chi connectivity index (χ2n) is 5.05. The number of anilines is 4. The van der Waals surface area contributed by atoms with Crippen molar-refractivity contribution in [3.63, 3.8) is 0 Å². The average Bonchev–Trinajstić information content (AvgIpc) is 2.58. The third-order valence-electron chi connectivity index (χ3n) is 3.55. The average molecular weight is 315 g/mol. The molecule has 0 aliphatic carbocycles. The van der Waals surface area contributed by atoms with Gasteiger partial charge in [-0.05, 0) is 38.1 Å². The Hall–Kier alpha value is -2.34. The van der Waals surface area contributed by atoms with E-state index in [1.165, 1.54) is 5.69 Å². The third kappa shape index (κ3) is 5.10. The lowest BCUT2D eigenvalue weighted by atomic mass is 10.2. The smallest absolute Gasteiger partial charge is 0.135 e. The van der Waals surface area contributed by atoms with Crippen molar-refractivity contribution in [1.29, 1.82) is 0 Å². The molecule has 23 heavy (non-hydrogen) atoms. The predicted molar refractivity (Wildman–Crippen MR) is 95.7 cm³/mol. The predicted octanol–water partition coefficient (Wildman–Crippen LogP) is 3.12. The van der Waals surface area contributed by atoms with Crippen molar-refractivity contribution in [3.8, 4) is 0 Å². The van der Waals surface area contributed by atoms with Crippen molar-refractivity contribution in [2.75, 3.05) is 48.9 Å². The van der Waals surface area contributed by atoms with E-state index in [0.717, 1.165) is 30.4 Å². The Bertz CT molecular complexity index is 584. The minimum absolute atomic E-state index is 0.638. The van der Waals surface area contributed by atoms with Gasteiger partial charge in [0.15, 0.2) is 0 Å². The van der Waals surface area contributed by atoms with Gasteiger partial charge in [-0.3, -0.25) is 0 Å². The molecular weight excluding hydrogens is 290 g/mol. The van der Waals surface area contributed by atoms with Gasteiger partial charge in [-0.25, -0.2) is 9.97 Å². The summed E-state index contributed by atoms with van der Waals surface area (Å²) in [6.07, 6.45) is 1.54. The highest BCUT2D eigenvalue weighted by atomic mass is 16.5. The zero-order chi connectivity index (χ0) is 16.5. The van der Waals surface area contributed by atoms with Crippen LogP contribution in [0.1, 0.15) is 13.8 Å². The van der Waals surface area contributed by atoms with Gasteiger partial charge in [0.1, 0.15) is 18.0 Å². The van der Waals surface area contributed by atoms with Crippen molar-refractivity contribution >= 4 is 23.0 Å². The summed E-state index contributed by atoms with van der Waals surface area (Å²) in [4.78, 5) is 10.7. The highest BCUT2D eigenvalue weighted by Gasteiger charge is 2.03. The second-order valence-corrected chi connectivity index (χ2v) is 5.05. The molecule has 0 bridgehead atoms. The number of nitrogens with one attached hydrogen (secondary N) is 2. The summed E-state index contributed by atoms with van der Waals surface area (Å²) < 4.78 is 5.01. The Morgan fingerprint density at radius 1 is 1.04 bits per heavy atom. The van der Waals surface area contributed by atoms with E-state index in [0.29, 0.717) is 13.2 Å². The largest absolute Gasteiger partial charge is 0.383 e. The monoisotopic (exact) mass is 315 g/mol. The lowest BCUT2D eigenvalue weighted by molar-refractivity contribution is 0.210. The maximum atomic E-state index is 5.01. The van der Waals surface area contributed by atoms with Gasteiger partial charge < -0.3 is 20.3 Å². The zero-order valence-corrected chi connectivity index (χ0v) is 14.0. The minimum Gasteiger partial charge on any atom is -0.383 e. The van der Waals surface area contributed by atoms with Crippen molar-refractivity contribution in [1.82, 2.24) is 9.97 Å². The molecule has 0 fully saturated rings. The second kappa shape index (κ2) is 8.95. The van der Waals surface area contributed by atoms with Crippen molar-refractivity contribution in [2.45, 2.75) is 13.8 Å². The van der Waals surface area contributed by atoms with E-state index in [1.807, 2.05) is 6.07 Å². The van der Waals surface area contributed by atoms with Gasteiger partial charge in [-0.1, -0.05) is 0 Å². The maximum absolute atomic E-state index is 5.01. The number of hydrogen-bond donors (Lipinski definition) is 2. The number of ether oxygens (including phenoxy) is 1. The molecule has 0 amide bonds. The fourth-order valence-corrected chi connectivity index (χ4v) is 2.30. The van der Waals surface area contributed by atoms with Gasteiger partial charge in [0.05, 0.1) is 6.61 Å². The van der Waals surface area contributed by atoms with Crippen LogP contribution < -0.4 is 15.5 Å². The summed E-state index contributed by atoms with van der Waals surface area (Å²) >= 11 is 0. The molecule has 0 aliphatic rings. The number of hydrogen-bond acceptors (Lipinski definition) is 6. The molecule has 0 spiro atoms. The molecule has 0 radical (unpaired) electrons. The SMILES string of the molecule is CCN(CC)c1ccc(Nc2cc(NCCOC)ncn2)cc1. The fourth-order valence-electron chi connectivity index (χ4n) is 2.30. The summed E-state index contributed by atoms with van der Waals surface area (Å²) in [5.41, 5.74) is 2.23. The summed E-state index contributed by atoms with van der Waals surface area (Å²) in [6.45, 7) is 7.69. The van der Waals surface area contributed by atoms with Gasteiger partial charge in [-0.15, -0.1) is 0 Å². The molecule has 2 N–H and O–H groups in total. The molecule has 6 heteroatoms. The van der Waals surface area contributed by atoms with E-state index in [1.54, 1.807) is 13.4 Å². The van der Waals surface area contributed by atoms with E-state index in [-0.39, 0.29) is 0 Å². The maximum Gasteiger partial charge on any atom is 0.135 e. The number of benzene rings is 1. The standard InChI is InChI=1S/C17H25N5O/c1-4-22(5-2)15-8-6-14(7-9-15)21-17-12-16(19-13-20-17)18-10-11-23-3/h6-9,12-13H,4-5,10-11H2,1-3H3,(H2,18,19,20,21). The third-order valence-corrected chi connectivity index (χ3v) is 3.55. The molecule has 0 aliphatic heterocycles. The molecule has 0 saturated heterocycles. The van der Waals surface area contributed by atoms with E-state index in [4.69, 9.17) is 4.74 Å². The van der Waals surface area contributed by atoms with Crippen LogP contribution in [0.4, 0.5) is 23.0 Å². The van der Waals surface area contributed by atoms with Gasteiger partial charge in [0.2, 0.25) is 0 Å². The summed E-state index contributed by atoms with van der Waals surface area (Å²) in [7, 11) is 1.68. The molecule has 2 aromatic rings. The Morgan fingerprint density at radius 3 is 2.39 bits per heavy atom. The number of methoxy groups -OCH3 is 1. The molecule has 1 aromatic heterocycles. The van der Waals surface area contributed by atoms with E-state index >= 15 is 0 Å². The van der Waals surface area contributed by atoms with Crippen LogP contribution in [-0.4, -0.2) is 43.3 Å². The van der Waals surface area contributed by atoms with Crippen molar-refractivity contribution in [2.24, 2.45) is 0 Å². The fraction of sp³-hybridized carbons (Fsp3) is 0.412. The van der Waals surface area contributed by atoms with Gasteiger partial charge in [-0.2, -0.15) is 0 Å². The minimum atomic E-state index is 0.638. The highest BCUT2D eigenvalue weighted by Crippen LogP contribution is 2.20. The Kier molecular flexibility index (Phi) is 6.62. The van der Waals surface area contributed by atoms with Gasteiger partial charge >= 0.3 is 0 Å². The molecule has 1 aromatic carbocycles. The first-order valence-corrected chi connectivity index (χ1v) is 7.93. The number of rotatable bonds is 9. The summed E-state index contributed by atoms with van der Waals surface area (Å²) in [5.74, 6) is 1.54. The topological polar surface area (TPSA) is 62.3 Å². The Balaban J connectivity index is 2.00. The molecule has 124 valence electrons. The molecule has 0 atom stereocenters. The first-order chi connectivity index (χ1) is 11.3. The van der Waals surface area contributed by atoms with Crippen LogP contribution in [0.25, 0.3) is 0 Å². The molecule has 6 nitrogen and oxygen atoms in total.